The molecule has 1 aliphatic carbocycles. The Morgan fingerprint density at radius 1 is 1.21 bits per heavy atom. The first-order chi connectivity index (χ1) is 13.7. The third-order valence-electron chi connectivity index (χ3n) is 4.92. The number of thioether (sulfide) groups is 1. The zero-order chi connectivity index (χ0) is 19.1. The Bertz CT molecular complexity index is 1160. The van der Waals surface area contributed by atoms with Gasteiger partial charge < -0.3 is 4.42 Å². The van der Waals surface area contributed by atoms with Gasteiger partial charge in [-0.25, -0.2) is 9.97 Å². The number of thiophene rings is 1. The van der Waals surface area contributed by atoms with Gasteiger partial charge in [-0.15, -0.1) is 11.3 Å². The lowest BCUT2D eigenvalue weighted by atomic mass is 9.97. The predicted molar refractivity (Wildman–Crippen MR) is 113 cm³/mol. The summed E-state index contributed by atoms with van der Waals surface area (Å²) in [5.74, 6) is 0.576. The fraction of sp³-hybridized carbons (Fsp3) is 0.250. The van der Waals surface area contributed by atoms with E-state index in [0.717, 1.165) is 28.4 Å². The van der Waals surface area contributed by atoms with Crippen molar-refractivity contribution in [2.24, 2.45) is 0 Å². The lowest BCUT2D eigenvalue weighted by Crippen LogP contribution is -2.29. The van der Waals surface area contributed by atoms with Crippen molar-refractivity contribution < 1.29 is 9.21 Å². The summed E-state index contributed by atoms with van der Waals surface area (Å²) in [6.45, 7) is 0. The maximum atomic E-state index is 12.6. The van der Waals surface area contributed by atoms with E-state index in [1.54, 1.807) is 17.4 Å². The molecule has 0 unspecified atom stereocenters. The van der Waals surface area contributed by atoms with Gasteiger partial charge in [0.25, 0.3) is 0 Å². The van der Waals surface area contributed by atoms with Crippen LogP contribution in [0.25, 0.3) is 21.2 Å². The fourth-order valence-electron chi connectivity index (χ4n) is 3.59. The number of fused-ring (bicyclic) bond motifs is 4. The summed E-state index contributed by atoms with van der Waals surface area (Å²) in [5.41, 5.74) is 7.77. The van der Waals surface area contributed by atoms with E-state index in [2.05, 4.69) is 20.8 Å². The van der Waals surface area contributed by atoms with Gasteiger partial charge in [-0.1, -0.05) is 30.0 Å². The number of nitrogens with one attached hydrogen (secondary N) is 2. The van der Waals surface area contributed by atoms with E-state index in [1.165, 1.54) is 35.0 Å². The Kier molecular flexibility index (Phi) is 4.44. The molecule has 6 nitrogen and oxygen atoms in total. The van der Waals surface area contributed by atoms with Gasteiger partial charge in [-0.05, 0) is 49.6 Å². The molecule has 0 saturated carbocycles. The highest BCUT2D eigenvalue weighted by Crippen LogP contribution is 2.39. The van der Waals surface area contributed by atoms with Crippen LogP contribution in [0.3, 0.4) is 0 Å². The summed E-state index contributed by atoms with van der Waals surface area (Å²) in [4.78, 5) is 24.2. The van der Waals surface area contributed by atoms with Gasteiger partial charge in [0.1, 0.15) is 10.4 Å². The first-order valence-corrected chi connectivity index (χ1v) is 11.2. The number of hydrogen-bond donors (Lipinski definition) is 2. The molecular formula is C20H18N4O2S2. The number of benzene rings is 1. The standard InChI is InChI=1S/C20H18N4O2S2/c1-27-20-21-17(16-12-7-3-5-9-15(12)28-19(16)22-20)23-24-18(25)14-10-11-6-2-4-8-13(11)26-14/h2,4,6,8,10H,3,5,7,9H2,1H3,(H,24,25)(H,21,22,23). The maximum absolute atomic E-state index is 12.6. The van der Waals surface area contributed by atoms with Gasteiger partial charge in [0, 0.05) is 10.3 Å². The minimum absolute atomic E-state index is 0.261. The van der Waals surface area contributed by atoms with Gasteiger partial charge in [0.05, 0.1) is 5.39 Å². The van der Waals surface area contributed by atoms with E-state index in [9.17, 15) is 4.79 Å². The van der Waals surface area contributed by atoms with Crippen LogP contribution in [0.5, 0.6) is 0 Å². The van der Waals surface area contributed by atoms with Crippen molar-refractivity contribution in [2.75, 3.05) is 11.7 Å². The summed E-state index contributed by atoms with van der Waals surface area (Å²) >= 11 is 3.23. The number of anilines is 1. The monoisotopic (exact) mass is 410 g/mol. The molecular weight excluding hydrogens is 392 g/mol. The Morgan fingerprint density at radius 2 is 2.07 bits per heavy atom. The van der Waals surface area contributed by atoms with E-state index in [1.807, 2.05) is 30.5 Å². The van der Waals surface area contributed by atoms with Crippen molar-refractivity contribution in [1.29, 1.82) is 0 Å². The zero-order valence-corrected chi connectivity index (χ0v) is 16.9. The smallest absolute Gasteiger partial charge is 0.305 e. The van der Waals surface area contributed by atoms with E-state index < -0.39 is 0 Å². The Morgan fingerprint density at radius 3 is 2.93 bits per heavy atom. The number of hydrazine groups is 1. The van der Waals surface area contributed by atoms with Crippen LogP contribution < -0.4 is 10.9 Å². The van der Waals surface area contributed by atoms with Gasteiger partial charge in [0.2, 0.25) is 0 Å². The molecule has 0 spiro atoms. The van der Waals surface area contributed by atoms with Crippen molar-refractivity contribution in [3.8, 4) is 0 Å². The SMILES string of the molecule is CSc1nc(NNC(=O)c2cc3ccccc3o2)c2c3c(sc2n1)CCCC3. The van der Waals surface area contributed by atoms with Crippen LogP contribution in [0, 0.1) is 0 Å². The van der Waals surface area contributed by atoms with Crippen molar-refractivity contribution >= 4 is 56.0 Å². The van der Waals surface area contributed by atoms with Crippen LogP contribution in [-0.2, 0) is 12.8 Å². The normalized spacial score (nSPS) is 13.6. The summed E-state index contributed by atoms with van der Waals surface area (Å²) in [5, 5.41) is 2.61. The van der Waals surface area contributed by atoms with Crippen molar-refractivity contribution in [3.63, 3.8) is 0 Å². The molecule has 1 aromatic carbocycles. The lowest BCUT2D eigenvalue weighted by Gasteiger charge is -2.13. The van der Waals surface area contributed by atoms with Crippen molar-refractivity contribution in [1.82, 2.24) is 15.4 Å². The number of hydrogen-bond acceptors (Lipinski definition) is 7. The number of furan rings is 1. The second-order valence-electron chi connectivity index (χ2n) is 6.68. The molecule has 5 rings (SSSR count). The average Bonchev–Trinajstić information content (AvgIpc) is 3.32. The molecule has 0 aliphatic heterocycles. The molecule has 0 bridgehead atoms. The molecule has 2 N–H and O–H groups in total. The van der Waals surface area contributed by atoms with E-state index in [0.29, 0.717) is 16.6 Å². The number of aromatic nitrogens is 2. The second kappa shape index (κ2) is 7.10. The number of rotatable bonds is 4. The van der Waals surface area contributed by atoms with E-state index in [-0.39, 0.29) is 11.7 Å². The topological polar surface area (TPSA) is 80.0 Å². The average molecular weight is 411 g/mol. The Balaban J connectivity index is 1.47. The van der Waals surface area contributed by atoms with Crippen LogP contribution in [0.2, 0.25) is 0 Å². The largest absolute Gasteiger partial charge is 0.451 e. The molecule has 1 aliphatic rings. The molecule has 0 fully saturated rings. The molecule has 3 heterocycles. The van der Waals surface area contributed by atoms with Crippen molar-refractivity contribution in [2.45, 2.75) is 30.8 Å². The summed E-state index contributed by atoms with van der Waals surface area (Å²) in [7, 11) is 0. The number of carbonyl (C=O) groups excluding carboxylic acids is 1. The summed E-state index contributed by atoms with van der Waals surface area (Å²) < 4.78 is 5.64. The Labute approximate surface area is 169 Å². The highest BCUT2D eigenvalue weighted by Gasteiger charge is 2.22. The first kappa shape index (κ1) is 17.5. The van der Waals surface area contributed by atoms with Gasteiger partial charge >= 0.3 is 5.91 Å². The second-order valence-corrected chi connectivity index (χ2v) is 8.53. The minimum atomic E-state index is -0.335. The first-order valence-electron chi connectivity index (χ1n) is 9.14. The summed E-state index contributed by atoms with van der Waals surface area (Å²) in [6.07, 6.45) is 6.47. The molecule has 1 amide bonds. The van der Waals surface area contributed by atoms with Crippen molar-refractivity contribution in [3.05, 3.63) is 46.5 Å². The van der Waals surface area contributed by atoms with Crippen LogP contribution in [0.15, 0.2) is 39.9 Å². The molecule has 0 radical (unpaired) electrons. The fourth-order valence-corrected chi connectivity index (χ4v) is 5.28. The molecule has 142 valence electrons. The lowest BCUT2D eigenvalue weighted by molar-refractivity contribution is 0.0937. The number of para-hydroxylation sites is 1. The number of aryl methyl sites for hydroxylation is 2. The van der Waals surface area contributed by atoms with Crippen LogP contribution in [0.1, 0.15) is 33.8 Å². The van der Waals surface area contributed by atoms with Crippen LogP contribution >= 0.6 is 23.1 Å². The third kappa shape index (κ3) is 3.02. The molecule has 8 heteroatoms. The maximum Gasteiger partial charge on any atom is 0.305 e. The highest BCUT2D eigenvalue weighted by molar-refractivity contribution is 7.98. The van der Waals surface area contributed by atoms with Gasteiger partial charge in [-0.3, -0.25) is 15.6 Å². The van der Waals surface area contributed by atoms with E-state index in [4.69, 9.17) is 4.42 Å². The Hall–Kier alpha value is -2.58. The minimum Gasteiger partial charge on any atom is -0.451 e. The third-order valence-corrected chi connectivity index (χ3v) is 6.65. The number of carbonyl (C=O) groups is 1. The van der Waals surface area contributed by atoms with Crippen LogP contribution in [-0.4, -0.2) is 22.1 Å². The zero-order valence-electron chi connectivity index (χ0n) is 15.2. The quantitative estimate of drug-likeness (QED) is 0.286. The molecule has 3 aromatic heterocycles. The molecule has 0 saturated heterocycles. The van der Waals surface area contributed by atoms with Gasteiger partial charge in [-0.2, -0.15) is 0 Å². The predicted octanol–water partition coefficient (Wildman–Crippen LogP) is 4.80. The highest BCUT2D eigenvalue weighted by atomic mass is 32.2. The van der Waals surface area contributed by atoms with E-state index >= 15 is 0 Å². The van der Waals surface area contributed by atoms with Gasteiger partial charge in [0.15, 0.2) is 16.7 Å². The number of nitrogens with zero attached hydrogens (tertiary/aromatic N) is 2. The molecule has 4 aromatic rings. The number of amides is 1. The van der Waals surface area contributed by atoms with Crippen LogP contribution in [0.4, 0.5) is 5.82 Å². The molecule has 0 atom stereocenters. The summed E-state index contributed by atoms with van der Waals surface area (Å²) in [6, 6.07) is 9.29. The molecule has 28 heavy (non-hydrogen) atoms.